The van der Waals surface area contributed by atoms with E-state index >= 15 is 0 Å². The Morgan fingerprint density at radius 3 is 2.67 bits per heavy atom. The topological polar surface area (TPSA) is 92.6 Å². The van der Waals surface area contributed by atoms with Gasteiger partial charge in [-0.2, -0.15) is 0 Å². The maximum absolute atomic E-state index is 12.5. The Labute approximate surface area is 156 Å². The van der Waals surface area contributed by atoms with Crippen molar-refractivity contribution in [2.24, 2.45) is 5.92 Å². The minimum absolute atomic E-state index is 0.0854. The summed E-state index contributed by atoms with van der Waals surface area (Å²) in [5.41, 5.74) is 3.14. The molecule has 0 bridgehead atoms. The van der Waals surface area contributed by atoms with Crippen LogP contribution in [0.15, 0.2) is 36.4 Å². The lowest BCUT2D eigenvalue weighted by Crippen LogP contribution is -2.30. The summed E-state index contributed by atoms with van der Waals surface area (Å²) in [5, 5.41) is 13.9. The van der Waals surface area contributed by atoms with Crippen LogP contribution >= 0.6 is 0 Å². The first-order valence-corrected chi connectivity index (χ1v) is 8.95. The van der Waals surface area contributed by atoms with Crippen molar-refractivity contribution in [1.29, 1.82) is 0 Å². The van der Waals surface area contributed by atoms with Gasteiger partial charge in [0.1, 0.15) is 0 Å². The van der Waals surface area contributed by atoms with Gasteiger partial charge in [0.25, 0.3) is 11.6 Å². The van der Waals surface area contributed by atoms with Gasteiger partial charge in [0.2, 0.25) is 5.91 Å². The summed E-state index contributed by atoms with van der Waals surface area (Å²) in [4.78, 5) is 37.3. The second kappa shape index (κ2) is 6.50. The Balaban J connectivity index is 1.56. The number of hydrogen-bond acceptors (Lipinski definition) is 4. The first-order valence-electron chi connectivity index (χ1n) is 8.95. The zero-order chi connectivity index (χ0) is 19.1. The number of nitrogens with one attached hydrogen (secondary N) is 1. The summed E-state index contributed by atoms with van der Waals surface area (Å²) in [6, 6.07) is 9.93. The SMILES string of the molecule is Cc1ccc(C(=O)Nc2ccc3c(c2)N(C(=O)C2CC2)CC3)cc1[N+](=O)[O-]. The molecule has 1 fully saturated rings. The van der Waals surface area contributed by atoms with Crippen LogP contribution in [0.3, 0.4) is 0 Å². The van der Waals surface area contributed by atoms with E-state index in [1.165, 1.54) is 6.07 Å². The number of amides is 2. The number of carbonyl (C=O) groups is 2. The van der Waals surface area contributed by atoms with E-state index in [0.717, 1.165) is 30.5 Å². The molecule has 2 aromatic carbocycles. The number of aryl methyl sites for hydroxylation is 1. The van der Waals surface area contributed by atoms with Crippen molar-refractivity contribution >= 4 is 28.9 Å². The summed E-state index contributed by atoms with van der Waals surface area (Å²) in [6.45, 7) is 2.30. The molecule has 0 saturated heterocycles. The molecule has 1 aliphatic carbocycles. The molecule has 1 saturated carbocycles. The van der Waals surface area contributed by atoms with Gasteiger partial charge < -0.3 is 10.2 Å². The van der Waals surface area contributed by atoms with Crippen LogP contribution < -0.4 is 10.2 Å². The third-order valence-corrected chi connectivity index (χ3v) is 5.10. The molecule has 0 unspecified atom stereocenters. The van der Waals surface area contributed by atoms with Gasteiger partial charge in [-0.25, -0.2) is 0 Å². The van der Waals surface area contributed by atoms with Gasteiger partial charge in [0, 0.05) is 41.0 Å². The maximum atomic E-state index is 12.5. The largest absolute Gasteiger partial charge is 0.322 e. The van der Waals surface area contributed by atoms with E-state index in [0.29, 0.717) is 17.8 Å². The number of anilines is 2. The van der Waals surface area contributed by atoms with E-state index < -0.39 is 10.8 Å². The second-order valence-electron chi connectivity index (χ2n) is 7.07. The Morgan fingerprint density at radius 1 is 1.19 bits per heavy atom. The van der Waals surface area contributed by atoms with Crippen molar-refractivity contribution in [1.82, 2.24) is 0 Å². The van der Waals surface area contributed by atoms with Crippen LogP contribution in [-0.2, 0) is 11.2 Å². The van der Waals surface area contributed by atoms with E-state index in [1.807, 2.05) is 12.1 Å². The second-order valence-corrected chi connectivity index (χ2v) is 7.07. The lowest BCUT2D eigenvalue weighted by atomic mass is 10.1. The fourth-order valence-electron chi connectivity index (χ4n) is 3.39. The minimum Gasteiger partial charge on any atom is -0.322 e. The van der Waals surface area contributed by atoms with Crippen LogP contribution in [0.25, 0.3) is 0 Å². The van der Waals surface area contributed by atoms with Gasteiger partial charge in [-0.15, -0.1) is 0 Å². The van der Waals surface area contributed by atoms with Crippen LogP contribution in [-0.4, -0.2) is 23.3 Å². The fraction of sp³-hybridized carbons (Fsp3) is 0.300. The number of nitro benzene ring substituents is 1. The van der Waals surface area contributed by atoms with Crippen molar-refractivity contribution < 1.29 is 14.5 Å². The average molecular weight is 365 g/mol. The number of nitrogens with zero attached hydrogens (tertiary/aromatic N) is 2. The van der Waals surface area contributed by atoms with E-state index in [2.05, 4.69) is 5.32 Å². The van der Waals surface area contributed by atoms with Gasteiger partial charge in [0.15, 0.2) is 0 Å². The molecule has 7 nitrogen and oxygen atoms in total. The van der Waals surface area contributed by atoms with Crippen molar-refractivity contribution in [3.05, 3.63) is 63.2 Å². The van der Waals surface area contributed by atoms with Gasteiger partial charge in [-0.1, -0.05) is 12.1 Å². The summed E-state index contributed by atoms with van der Waals surface area (Å²) < 4.78 is 0. The van der Waals surface area contributed by atoms with E-state index in [9.17, 15) is 19.7 Å². The molecule has 0 aromatic heterocycles. The first kappa shape index (κ1) is 17.2. The van der Waals surface area contributed by atoms with Crippen LogP contribution in [0.2, 0.25) is 0 Å². The summed E-state index contributed by atoms with van der Waals surface area (Å²) >= 11 is 0. The molecule has 2 aliphatic rings. The molecule has 2 amide bonds. The first-order chi connectivity index (χ1) is 12.9. The molecule has 0 spiro atoms. The standard InChI is InChI=1S/C20H19N3O4/c1-12-2-3-15(10-17(12)23(26)27)19(24)21-16-7-6-13-8-9-22(18(13)11-16)20(25)14-4-5-14/h2-3,6-7,10-11,14H,4-5,8-9H2,1H3,(H,21,24). The van der Waals surface area contributed by atoms with Crippen LogP contribution in [0, 0.1) is 23.0 Å². The molecule has 2 aromatic rings. The number of hydrogen-bond donors (Lipinski definition) is 1. The highest BCUT2D eigenvalue weighted by Crippen LogP contribution is 2.37. The zero-order valence-electron chi connectivity index (χ0n) is 14.9. The van der Waals surface area contributed by atoms with Crippen molar-refractivity contribution in [2.45, 2.75) is 26.2 Å². The monoisotopic (exact) mass is 365 g/mol. The van der Waals surface area contributed by atoms with Gasteiger partial charge in [-0.3, -0.25) is 19.7 Å². The van der Waals surface area contributed by atoms with Crippen LogP contribution in [0.4, 0.5) is 17.1 Å². The van der Waals surface area contributed by atoms with Crippen molar-refractivity contribution in [2.75, 3.05) is 16.8 Å². The number of carbonyl (C=O) groups excluding carboxylic acids is 2. The third-order valence-electron chi connectivity index (χ3n) is 5.10. The highest BCUT2D eigenvalue weighted by molar-refractivity contribution is 6.05. The molecular formula is C20H19N3O4. The van der Waals surface area contributed by atoms with Gasteiger partial charge >= 0.3 is 0 Å². The molecule has 27 heavy (non-hydrogen) atoms. The summed E-state index contributed by atoms with van der Waals surface area (Å²) in [5.74, 6) is -0.121. The molecule has 7 heteroatoms. The molecule has 138 valence electrons. The highest BCUT2D eigenvalue weighted by Gasteiger charge is 2.36. The lowest BCUT2D eigenvalue weighted by Gasteiger charge is -2.18. The zero-order valence-corrected chi connectivity index (χ0v) is 14.9. The molecular weight excluding hydrogens is 346 g/mol. The smallest absolute Gasteiger partial charge is 0.273 e. The lowest BCUT2D eigenvalue weighted by molar-refractivity contribution is -0.385. The average Bonchev–Trinajstić information content (AvgIpc) is 3.41. The minimum atomic E-state index is -0.497. The third kappa shape index (κ3) is 3.28. The number of fused-ring (bicyclic) bond motifs is 1. The summed E-state index contributed by atoms with van der Waals surface area (Å²) in [7, 11) is 0. The quantitative estimate of drug-likeness (QED) is 0.663. The van der Waals surface area contributed by atoms with Crippen LogP contribution in [0.5, 0.6) is 0 Å². The number of nitro groups is 1. The number of benzene rings is 2. The highest BCUT2D eigenvalue weighted by atomic mass is 16.6. The summed E-state index contributed by atoms with van der Waals surface area (Å²) in [6.07, 6.45) is 2.72. The molecule has 1 N–H and O–H groups in total. The van der Waals surface area contributed by atoms with Crippen LogP contribution in [0.1, 0.15) is 34.3 Å². The fourth-order valence-corrected chi connectivity index (χ4v) is 3.39. The molecule has 4 rings (SSSR count). The van der Waals surface area contributed by atoms with Gasteiger partial charge in [0.05, 0.1) is 4.92 Å². The Bertz CT molecular complexity index is 966. The normalized spacial score (nSPS) is 15.4. The van der Waals surface area contributed by atoms with E-state index in [1.54, 1.807) is 30.0 Å². The predicted molar refractivity (Wildman–Crippen MR) is 101 cm³/mol. The van der Waals surface area contributed by atoms with Crippen molar-refractivity contribution in [3.63, 3.8) is 0 Å². The number of rotatable bonds is 4. The van der Waals surface area contributed by atoms with E-state index in [4.69, 9.17) is 0 Å². The Hall–Kier alpha value is -3.22. The van der Waals surface area contributed by atoms with E-state index in [-0.39, 0.29) is 23.1 Å². The molecule has 1 aliphatic heterocycles. The van der Waals surface area contributed by atoms with Gasteiger partial charge in [-0.05, 0) is 49.9 Å². The maximum Gasteiger partial charge on any atom is 0.273 e. The Morgan fingerprint density at radius 2 is 1.96 bits per heavy atom. The molecule has 0 atom stereocenters. The predicted octanol–water partition coefficient (Wildman–Crippen LogP) is 3.45. The van der Waals surface area contributed by atoms with Crippen molar-refractivity contribution in [3.8, 4) is 0 Å². The molecule has 0 radical (unpaired) electrons. The Kier molecular flexibility index (Phi) is 4.14. The molecule has 1 heterocycles.